The lowest BCUT2D eigenvalue weighted by Gasteiger charge is -2.10. The standard InChI is InChI=1S/C12H11NO3/c14-11(7-12(15)16)9-5-6-13-10-4-2-1-3-8(9)10/h1-6,11,14H,7H2,(H,15,16). The fourth-order valence-corrected chi connectivity index (χ4v) is 1.68. The summed E-state index contributed by atoms with van der Waals surface area (Å²) in [6, 6.07) is 8.98. The van der Waals surface area contributed by atoms with Gasteiger partial charge in [-0.1, -0.05) is 18.2 Å². The average Bonchev–Trinajstić information content (AvgIpc) is 2.27. The molecule has 0 fully saturated rings. The van der Waals surface area contributed by atoms with Crippen molar-refractivity contribution in [2.24, 2.45) is 0 Å². The van der Waals surface area contributed by atoms with Gasteiger partial charge in [0.2, 0.25) is 0 Å². The van der Waals surface area contributed by atoms with E-state index in [0.29, 0.717) is 5.56 Å². The molecule has 0 aliphatic heterocycles. The van der Waals surface area contributed by atoms with Crippen LogP contribution in [0.4, 0.5) is 0 Å². The van der Waals surface area contributed by atoms with Crippen molar-refractivity contribution in [2.75, 3.05) is 0 Å². The summed E-state index contributed by atoms with van der Waals surface area (Å²) in [7, 11) is 0. The van der Waals surface area contributed by atoms with Crippen LogP contribution in [0.5, 0.6) is 0 Å². The molecule has 1 unspecified atom stereocenters. The minimum atomic E-state index is -1.02. The molecule has 4 heteroatoms. The summed E-state index contributed by atoms with van der Waals surface area (Å²) in [6.07, 6.45) is 0.280. The zero-order valence-corrected chi connectivity index (χ0v) is 8.50. The number of rotatable bonds is 3. The van der Waals surface area contributed by atoms with Gasteiger partial charge >= 0.3 is 5.97 Å². The Hall–Kier alpha value is -1.94. The summed E-state index contributed by atoms with van der Waals surface area (Å²) in [5.41, 5.74) is 1.36. The van der Waals surface area contributed by atoms with E-state index in [0.717, 1.165) is 10.9 Å². The van der Waals surface area contributed by atoms with Crippen LogP contribution in [0.15, 0.2) is 36.5 Å². The van der Waals surface area contributed by atoms with Gasteiger partial charge in [0.05, 0.1) is 18.0 Å². The highest BCUT2D eigenvalue weighted by atomic mass is 16.4. The summed E-state index contributed by atoms with van der Waals surface area (Å²) in [6.45, 7) is 0. The number of aliphatic hydroxyl groups is 1. The maximum absolute atomic E-state index is 10.5. The maximum atomic E-state index is 10.5. The first-order valence-electron chi connectivity index (χ1n) is 4.92. The van der Waals surface area contributed by atoms with Crippen LogP contribution in [0.25, 0.3) is 10.9 Å². The van der Waals surface area contributed by atoms with Crippen molar-refractivity contribution in [2.45, 2.75) is 12.5 Å². The summed E-state index contributed by atoms with van der Waals surface area (Å²) in [5, 5.41) is 19.2. The third-order valence-corrected chi connectivity index (χ3v) is 2.41. The van der Waals surface area contributed by atoms with Crippen LogP contribution in [0.3, 0.4) is 0 Å². The molecule has 0 saturated heterocycles. The van der Waals surface area contributed by atoms with Crippen molar-refractivity contribution < 1.29 is 15.0 Å². The minimum Gasteiger partial charge on any atom is -0.481 e. The molecule has 0 bridgehead atoms. The molecule has 2 N–H and O–H groups in total. The van der Waals surface area contributed by atoms with Crippen LogP contribution in [0, 0.1) is 0 Å². The lowest BCUT2D eigenvalue weighted by molar-refractivity contribution is -0.139. The Labute approximate surface area is 92.2 Å². The third kappa shape index (κ3) is 2.01. The first-order chi connectivity index (χ1) is 7.68. The summed E-state index contributed by atoms with van der Waals surface area (Å²) in [5.74, 6) is -1.02. The normalized spacial score (nSPS) is 12.6. The number of para-hydroxylation sites is 1. The van der Waals surface area contributed by atoms with Crippen molar-refractivity contribution >= 4 is 16.9 Å². The van der Waals surface area contributed by atoms with Crippen LogP contribution < -0.4 is 0 Å². The molecule has 1 heterocycles. The second-order valence-electron chi connectivity index (χ2n) is 3.53. The Morgan fingerprint density at radius 1 is 1.31 bits per heavy atom. The van der Waals surface area contributed by atoms with E-state index in [2.05, 4.69) is 4.98 Å². The molecule has 4 nitrogen and oxygen atoms in total. The number of nitrogens with zero attached hydrogens (tertiary/aromatic N) is 1. The highest BCUT2D eigenvalue weighted by Crippen LogP contribution is 2.24. The fourth-order valence-electron chi connectivity index (χ4n) is 1.68. The smallest absolute Gasteiger partial charge is 0.306 e. The Balaban J connectivity index is 2.47. The van der Waals surface area contributed by atoms with Gasteiger partial charge in [-0.25, -0.2) is 0 Å². The Morgan fingerprint density at radius 3 is 2.81 bits per heavy atom. The largest absolute Gasteiger partial charge is 0.481 e. The molecule has 0 aliphatic carbocycles. The van der Waals surface area contributed by atoms with Gasteiger partial charge in [0.25, 0.3) is 0 Å². The lowest BCUT2D eigenvalue weighted by Crippen LogP contribution is -2.06. The Kier molecular flexibility index (Phi) is 2.83. The van der Waals surface area contributed by atoms with E-state index in [9.17, 15) is 9.90 Å². The van der Waals surface area contributed by atoms with Gasteiger partial charge in [-0.3, -0.25) is 9.78 Å². The molecule has 0 amide bonds. The number of pyridine rings is 1. The van der Waals surface area contributed by atoms with E-state index in [4.69, 9.17) is 5.11 Å². The van der Waals surface area contributed by atoms with Crippen LogP contribution in [-0.4, -0.2) is 21.2 Å². The Bertz CT molecular complexity index is 519. The van der Waals surface area contributed by atoms with E-state index >= 15 is 0 Å². The highest BCUT2D eigenvalue weighted by molar-refractivity contribution is 5.82. The zero-order valence-electron chi connectivity index (χ0n) is 8.50. The van der Waals surface area contributed by atoms with E-state index in [1.807, 2.05) is 24.3 Å². The lowest BCUT2D eigenvalue weighted by atomic mass is 10.0. The number of aliphatic carboxylic acids is 1. The van der Waals surface area contributed by atoms with Crippen molar-refractivity contribution in [1.29, 1.82) is 0 Å². The summed E-state index contributed by atoms with van der Waals surface area (Å²) in [4.78, 5) is 14.7. The molecule has 82 valence electrons. The topological polar surface area (TPSA) is 70.4 Å². The van der Waals surface area contributed by atoms with Gasteiger partial charge in [-0.2, -0.15) is 0 Å². The van der Waals surface area contributed by atoms with Gasteiger partial charge in [0.15, 0.2) is 0 Å². The molecular weight excluding hydrogens is 206 g/mol. The predicted octanol–water partition coefficient (Wildman–Crippen LogP) is 1.74. The maximum Gasteiger partial charge on any atom is 0.306 e. The van der Waals surface area contributed by atoms with E-state index in [-0.39, 0.29) is 6.42 Å². The summed E-state index contributed by atoms with van der Waals surface area (Å²) >= 11 is 0. The molecule has 1 atom stereocenters. The third-order valence-electron chi connectivity index (χ3n) is 2.41. The number of carboxylic acids is 1. The molecule has 1 aromatic carbocycles. The van der Waals surface area contributed by atoms with Gasteiger partial charge in [-0.15, -0.1) is 0 Å². The van der Waals surface area contributed by atoms with Gasteiger partial charge in [0.1, 0.15) is 0 Å². The van der Waals surface area contributed by atoms with Gasteiger partial charge in [0, 0.05) is 11.6 Å². The number of carbonyl (C=O) groups is 1. The number of benzene rings is 1. The number of aliphatic hydroxyl groups excluding tert-OH is 1. The van der Waals surface area contributed by atoms with Crippen molar-refractivity contribution in [3.05, 3.63) is 42.1 Å². The zero-order chi connectivity index (χ0) is 11.5. The number of fused-ring (bicyclic) bond motifs is 1. The molecule has 0 spiro atoms. The van der Waals surface area contributed by atoms with Crippen LogP contribution in [-0.2, 0) is 4.79 Å². The van der Waals surface area contributed by atoms with E-state index in [1.165, 1.54) is 0 Å². The van der Waals surface area contributed by atoms with Crippen LogP contribution in [0.1, 0.15) is 18.1 Å². The quantitative estimate of drug-likeness (QED) is 0.821. The fraction of sp³-hybridized carbons (Fsp3) is 0.167. The molecular formula is C12H11NO3. The van der Waals surface area contributed by atoms with Gasteiger partial charge < -0.3 is 10.2 Å². The number of hydrogen-bond acceptors (Lipinski definition) is 3. The van der Waals surface area contributed by atoms with Crippen molar-refractivity contribution in [1.82, 2.24) is 4.98 Å². The first-order valence-corrected chi connectivity index (χ1v) is 4.92. The molecule has 2 aromatic rings. The van der Waals surface area contributed by atoms with Crippen LogP contribution in [0.2, 0.25) is 0 Å². The average molecular weight is 217 g/mol. The molecule has 1 aromatic heterocycles. The second kappa shape index (κ2) is 4.28. The Morgan fingerprint density at radius 2 is 2.06 bits per heavy atom. The van der Waals surface area contributed by atoms with Crippen molar-refractivity contribution in [3.8, 4) is 0 Å². The van der Waals surface area contributed by atoms with Gasteiger partial charge in [-0.05, 0) is 17.7 Å². The van der Waals surface area contributed by atoms with E-state index < -0.39 is 12.1 Å². The molecule has 0 aliphatic rings. The van der Waals surface area contributed by atoms with E-state index in [1.54, 1.807) is 12.3 Å². The van der Waals surface area contributed by atoms with Crippen molar-refractivity contribution in [3.63, 3.8) is 0 Å². The molecule has 16 heavy (non-hydrogen) atoms. The minimum absolute atomic E-state index is 0.298. The summed E-state index contributed by atoms with van der Waals surface area (Å²) < 4.78 is 0. The number of aromatic nitrogens is 1. The molecule has 2 rings (SSSR count). The molecule has 0 saturated carbocycles. The number of carboxylic acid groups (broad SMARTS) is 1. The monoisotopic (exact) mass is 217 g/mol. The number of hydrogen-bond donors (Lipinski definition) is 2. The first kappa shape index (κ1) is 10.6. The second-order valence-corrected chi connectivity index (χ2v) is 3.53. The predicted molar refractivity (Wildman–Crippen MR) is 59.0 cm³/mol. The highest BCUT2D eigenvalue weighted by Gasteiger charge is 2.14. The van der Waals surface area contributed by atoms with Crippen LogP contribution >= 0.6 is 0 Å². The molecule has 0 radical (unpaired) electrons. The SMILES string of the molecule is O=C(O)CC(O)c1ccnc2ccccc12.